The number of rotatable bonds is 3. The molecule has 0 bridgehead atoms. The Hall–Kier alpha value is -2.42. The van der Waals surface area contributed by atoms with Crippen molar-refractivity contribution in [3.8, 4) is 5.69 Å². The van der Waals surface area contributed by atoms with Crippen LogP contribution in [-0.2, 0) is 12.8 Å². The molecular weight excluding hydrogens is 279 g/mol. The molecular formula is C11H8F3N3O3. The van der Waals surface area contributed by atoms with Gasteiger partial charge in [-0.1, -0.05) is 11.3 Å². The van der Waals surface area contributed by atoms with Crippen molar-refractivity contribution in [2.24, 2.45) is 0 Å². The molecule has 0 spiro atoms. The summed E-state index contributed by atoms with van der Waals surface area (Å²) in [6, 6.07) is 4.83. The Morgan fingerprint density at radius 2 is 2.05 bits per heavy atom. The van der Waals surface area contributed by atoms with Gasteiger partial charge in [0, 0.05) is 0 Å². The number of aliphatic hydroxyl groups excluding tert-OH is 1. The van der Waals surface area contributed by atoms with Crippen molar-refractivity contribution >= 4 is 5.97 Å². The second-order valence-electron chi connectivity index (χ2n) is 3.81. The predicted octanol–water partition coefficient (Wildman–Crippen LogP) is 1.48. The van der Waals surface area contributed by atoms with Gasteiger partial charge in [-0.3, -0.25) is 0 Å². The molecule has 6 nitrogen and oxygen atoms in total. The van der Waals surface area contributed by atoms with E-state index in [9.17, 15) is 18.0 Å². The van der Waals surface area contributed by atoms with E-state index in [0.29, 0.717) is 4.68 Å². The minimum atomic E-state index is -4.78. The molecule has 1 aromatic carbocycles. The van der Waals surface area contributed by atoms with Crippen LogP contribution in [-0.4, -0.2) is 31.2 Å². The van der Waals surface area contributed by atoms with Gasteiger partial charge in [0.15, 0.2) is 5.69 Å². The molecule has 0 radical (unpaired) electrons. The highest BCUT2D eigenvalue weighted by atomic mass is 19.4. The van der Waals surface area contributed by atoms with E-state index in [1.165, 1.54) is 18.2 Å². The molecule has 0 fully saturated rings. The molecule has 2 N–H and O–H groups in total. The van der Waals surface area contributed by atoms with E-state index in [-0.39, 0.29) is 11.3 Å². The van der Waals surface area contributed by atoms with Crippen LogP contribution in [0.4, 0.5) is 13.2 Å². The molecule has 0 saturated carbocycles. The first-order valence-electron chi connectivity index (χ1n) is 5.31. The summed E-state index contributed by atoms with van der Waals surface area (Å²) in [4.78, 5) is 10.8. The number of aromatic carboxylic acids is 1. The largest absolute Gasteiger partial charge is 0.478 e. The molecule has 0 amide bonds. The van der Waals surface area contributed by atoms with Gasteiger partial charge in [0.05, 0.1) is 17.9 Å². The molecule has 2 rings (SSSR count). The van der Waals surface area contributed by atoms with Crippen molar-refractivity contribution in [2.75, 3.05) is 0 Å². The lowest BCUT2D eigenvalue weighted by molar-refractivity contribution is -0.143. The van der Waals surface area contributed by atoms with Crippen LogP contribution in [0, 0.1) is 0 Å². The molecule has 1 heterocycles. The SMILES string of the molecule is O=C(O)c1cccc(-n2nnc(CO)c2C(F)(F)F)c1. The van der Waals surface area contributed by atoms with Gasteiger partial charge in [-0.15, -0.1) is 5.10 Å². The van der Waals surface area contributed by atoms with Crippen molar-refractivity contribution in [2.45, 2.75) is 12.8 Å². The van der Waals surface area contributed by atoms with Crippen LogP contribution in [0.5, 0.6) is 0 Å². The summed E-state index contributed by atoms with van der Waals surface area (Å²) in [5.74, 6) is -1.28. The van der Waals surface area contributed by atoms with E-state index < -0.39 is 30.1 Å². The topological polar surface area (TPSA) is 88.2 Å². The fraction of sp³-hybridized carbons (Fsp3) is 0.182. The van der Waals surface area contributed by atoms with Gasteiger partial charge >= 0.3 is 12.1 Å². The quantitative estimate of drug-likeness (QED) is 0.892. The van der Waals surface area contributed by atoms with E-state index >= 15 is 0 Å². The number of hydrogen-bond donors (Lipinski definition) is 2. The number of aromatic nitrogens is 3. The van der Waals surface area contributed by atoms with Gasteiger partial charge in [0.1, 0.15) is 5.69 Å². The van der Waals surface area contributed by atoms with E-state index in [4.69, 9.17) is 10.2 Å². The van der Waals surface area contributed by atoms with Gasteiger partial charge in [0.2, 0.25) is 0 Å². The van der Waals surface area contributed by atoms with Gasteiger partial charge in [-0.2, -0.15) is 13.2 Å². The Balaban J connectivity index is 2.61. The molecule has 0 aliphatic rings. The third-order valence-electron chi connectivity index (χ3n) is 2.50. The molecule has 1 aromatic heterocycles. The van der Waals surface area contributed by atoms with Crippen LogP contribution in [0.3, 0.4) is 0 Å². The molecule has 0 atom stereocenters. The number of alkyl halides is 3. The van der Waals surface area contributed by atoms with Crippen LogP contribution in [0.15, 0.2) is 24.3 Å². The van der Waals surface area contributed by atoms with E-state index in [0.717, 1.165) is 6.07 Å². The van der Waals surface area contributed by atoms with Crippen LogP contribution in [0.25, 0.3) is 5.69 Å². The zero-order valence-corrected chi connectivity index (χ0v) is 9.79. The first-order chi connectivity index (χ1) is 9.34. The van der Waals surface area contributed by atoms with Crippen molar-refractivity contribution < 1.29 is 28.2 Å². The average Bonchev–Trinajstić information content (AvgIpc) is 2.82. The number of benzene rings is 1. The molecule has 0 unspecified atom stereocenters. The number of aliphatic hydroxyl groups is 1. The second kappa shape index (κ2) is 4.93. The molecule has 2 aromatic rings. The summed E-state index contributed by atoms with van der Waals surface area (Å²) in [5.41, 5.74) is -2.15. The van der Waals surface area contributed by atoms with Crippen molar-refractivity contribution in [3.05, 3.63) is 41.2 Å². The Bertz CT molecular complexity index is 652. The first kappa shape index (κ1) is 14.0. The summed E-state index contributed by atoms with van der Waals surface area (Å²) in [5, 5.41) is 24.3. The maximum Gasteiger partial charge on any atom is 0.435 e. The minimum Gasteiger partial charge on any atom is -0.478 e. The normalized spacial score (nSPS) is 11.6. The highest BCUT2D eigenvalue weighted by Gasteiger charge is 2.39. The summed E-state index contributed by atoms with van der Waals surface area (Å²) >= 11 is 0. The number of hydrogen-bond acceptors (Lipinski definition) is 4. The standard InChI is InChI=1S/C11H8F3N3O3/c12-11(13,14)9-8(5-18)15-16-17(9)7-3-1-2-6(4-7)10(19)20/h1-4,18H,5H2,(H,19,20). The third kappa shape index (κ3) is 2.48. The monoisotopic (exact) mass is 287 g/mol. The average molecular weight is 287 g/mol. The van der Waals surface area contributed by atoms with E-state index in [1.54, 1.807) is 0 Å². The number of carboxylic acids is 1. The third-order valence-corrected chi connectivity index (χ3v) is 2.50. The molecule has 0 saturated heterocycles. The molecule has 20 heavy (non-hydrogen) atoms. The summed E-state index contributed by atoms with van der Waals surface area (Å²) in [6.07, 6.45) is -4.78. The van der Waals surface area contributed by atoms with Crippen LogP contribution < -0.4 is 0 Å². The number of carboxylic acid groups (broad SMARTS) is 1. The maximum absolute atomic E-state index is 12.9. The van der Waals surface area contributed by atoms with E-state index in [1.807, 2.05) is 0 Å². The lowest BCUT2D eigenvalue weighted by Gasteiger charge is -2.10. The maximum atomic E-state index is 12.9. The summed E-state index contributed by atoms with van der Waals surface area (Å²) < 4.78 is 39.3. The van der Waals surface area contributed by atoms with Crippen molar-refractivity contribution in [1.82, 2.24) is 15.0 Å². The molecule has 0 aliphatic heterocycles. The zero-order valence-electron chi connectivity index (χ0n) is 9.79. The lowest BCUT2D eigenvalue weighted by Crippen LogP contribution is -2.16. The second-order valence-corrected chi connectivity index (χ2v) is 3.81. The van der Waals surface area contributed by atoms with Gasteiger partial charge < -0.3 is 10.2 Å². The molecule has 9 heteroatoms. The van der Waals surface area contributed by atoms with Crippen LogP contribution >= 0.6 is 0 Å². The highest BCUT2D eigenvalue weighted by molar-refractivity contribution is 5.88. The number of carbonyl (C=O) groups is 1. The zero-order chi connectivity index (χ0) is 14.9. The Morgan fingerprint density at radius 3 is 2.60 bits per heavy atom. The first-order valence-corrected chi connectivity index (χ1v) is 5.31. The van der Waals surface area contributed by atoms with Gasteiger partial charge in [-0.25, -0.2) is 9.48 Å². The highest BCUT2D eigenvalue weighted by Crippen LogP contribution is 2.32. The van der Waals surface area contributed by atoms with Gasteiger partial charge in [-0.05, 0) is 18.2 Å². The van der Waals surface area contributed by atoms with Crippen LogP contribution in [0.2, 0.25) is 0 Å². The Labute approximate surface area is 110 Å². The van der Waals surface area contributed by atoms with Crippen molar-refractivity contribution in [1.29, 1.82) is 0 Å². The fourth-order valence-electron chi connectivity index (χ4n) is 1.65. The minimum absolute atomic E-state index is 0.107. The smallest absolute Gasteiger partial charge is 0.435 e. The van der Waals surface area contributed by atoms with E-state index in [2.05, 4.69) is 10.3 Å². The predicted molar refractivity (Wildman–Crippen MR) is 59.2 cm³/mol. The summed E-state index contributed by atoms with van der Waals surface area (Å²) in [7, 11) is 0. The van der Waals surface area contributed by atoms with Crippen LogP contribution in [0.1, 0.15) is 21.7 Å². The fourth-order valence-corrected chi connectivity index (χ4v) is 1.65. The molecule has 0 aliphatic carbocycles. The molecule has 106 valence electrons. The summed E-state index contributed by atoms with van der Waals surface area (Å²) in [6.45, 7) is -0.923. The number of halogens is 3. The van der Waals surface area contributed by atoms with Crippen molar-refractivity contribution in [3.63, 3.8) is 0 Å². The Morgan fingerprint density at radius 1 is 1.35 bits per heavy atom. The Kier molecular flexibility index (Phi) is 3.45. The number of nitrogens with zero attached hydrogens (tertiary/aromatic N) is 3. The van der Waals surface area contributed by atoms with Gasteiger partial charge in [0.25, 0.3) is 0 Å². The lowest BCUT2D eigenvalue weighted by atomic mass is 10.2.